The second-order valence-corrected chi connectivity index (χ2v) is 6.92. The Labute approximate surface area is 163 Å². The summed E-state index contributed by atoms with van der Waals surface area (Å²) in [5.74, 6) is 0.598. The number of carbonyl (C=O) groups is 1. The lowest BCUT2D eigenvalue weighted by atomic mass is 9.93. The van der Waals surface area contributed by atoms with E-state index in [0.717, 1.165) is 56.5 Å². The maximum atomic E-state index is 13.6. The van der Waals surface area contributed by atoms with Crippen molar-refractivity contribution >= 4 is 17.7 Å². The molecule has 1 aromatic carbocycles. The summed E-state index contributed by atoms with van der Waals surface area (Å²) < 4.78 is 26.8. The average Bonchev–Trinajstić information content (AvgIpc) is 2.70. The van der Waals surface area contributed by atoms with E-state index in [4.69, 9.17) is 0 Å². The second kappa shape index (κ2) is 9.43. The van der Waals surface area contributed by atoms with Crippen molar-refractivity contribution in [1.29, 1.82) is 0 Å². The molecule has 0 spiro atoms. The standard InChI is InChI=1S/C20H25F2N5O/c1-2-23-20-24-8-5-18(26-20)27-9-6-14(7-10-27)11-19(28)25-13-15-12-16(21)3-4-17(15)22/h3-5,8,12,14H,2,6-7,9-11,13H2,1H3,(H,25,28)(H,23,24,26). The second-order valence-electron chi connectivity index (χ2n) is 6.92. The topological polar surface area (TPSA) is 70.2 Å². The fourth-order valence-electron chi connectivity index (χ4n) is 3.34. The summed E-state index contributed by atoms with van der Waals surface area (Å²) in [6.07, 6.45) is 3.88. The Bertz CT molecular complexity index is 809. The van der Waals surface area contributed by atoms with Crippen LogP contribution in [-0.2, 0) is 11.3 Å². The zero-order chi connectivity index (χ0) is 19.9. The number of rotatable bonds is 7. The Morgan fingerprint density at radius 3 is 2.79 bits per heavy atom. The van der Waals surface area contributed by atoms with Crippen LogP contribution in [0.5, 0.6) is 0 Å². The molecule has 0 saturated carbocycles. The van der Waals surface area contributed by atoms with Gasteiger partial charge in [0.2, 0.25) is 11.9 Å². The van der Waals surface area contributed by atoms with Gasteiger partial charge in [0.25, 0.3) is 0 Å². The van der Waals surface area contributed by atoms with Crippen molar-refractivity contribution in [1.82, 2.24) is 15.3 Å². The first-order valence-electron chi connectivity index (χ1n) is 9.57. The molecule has 0 bridgehead atoms. The third-order valence-corrected chi connectivity index (χ3v) is 4.87. The van der Waals surface area contributed by atoms with Gasteiger partial charge < -0.3 is 15.5 Å². The molecular weight excluding hydrogens is 364 g/mol. The highest BCUT2D eigenvalue weighted by Gasteiger charge is 2.22. The number of hydrogen-bond acceptors (Lipinski definition) is 5. The Hall–Kier alpha value is -2.77. The molecule has 6 nitrogen and oxygen atoms in total. The Morgan fingerprint density at radius 2 is 2.04 bits per heavy atom. The van der Waals surface area contributed by atoms with E-state index in [1.54, 1.807) is 6.20 Å². The van der Waals surface area contributed by atoms with E-state index in [-0.39, 0.29) is 23.9 Å². The number of hydrogen-bond donors (Lipinski definition) is 2. The van der Waals surface area contributed by atoms with E-state index in [1.165, 1.54) is 0 Å². The molecule has 1 aromatic heterocycles. The summed E-state index contributed by atoms with van der Waals surface area (Å²) in [6, 6.07) is 5.13. The highest BCUT2D eigenvalue weighted by Crippen LogP contribution is 2.24. The number of anilines is 2. The van der Waals surface area contributed by atoms with E-state index in [0.29, 0.717) is 12.4 Å². The molecule has 8 heteroatoms. The number of nitrogens with zero attached hydrogens (tertiary/aromatic N) is 3. The van der Waals surface area contributed by atoms with Crippen LogP contribution in [0.1, 0.15) is 31.7 Å². The minimum atomic E-state index is -0.517. The van der Waals surface area contributed by atoms with Crippen molar-refractivity contribution in [2.24, 2.45) is 5.92 Å². The van der Waals surface area contributed by atoms with Gasteiger partial charge in [-0.25, -0.2) is 13.8 Å². The van der Waals surface area contributed by atoms with E-state index in [2.05, 4.69) is 25.5 Å². The summed E-state index contributed by atoms with van der Waals surface area (Å²) in [4.78, 5) is 23.1. The lowest BCUT2D eigenvalue weighted by molar-refractivity contribution is -0.122. The normalized spacial score (nSPS) is 14.8. The molecule has 1 aliphatic heterocycles. The van der Waals surface area contributed by atoms with Crippen LogP contribution in [0.4, 0.5) is 20.5 Å². The van der Waals surface area contributed by atoms with Gasteiger partial charge >= 0.3 is 0 Å². The maximum Gasteiger partial charge on any atom is 0.224 e. The van der Waals surface area contributed by atoms with E-state index in [1.807, 2.05) is 13.0 Å². The van der Waals surface area contributed by atoms with Gasteiger partial charge in [-0.05, 0) is 49.9 Å². The summed E-state index contributed by atoms with van der Waals surface area (Å²) in [5, 5.41) is 5.80. The summed E-state index contributed by atoms with van der Waals surface area (Å²) in [7, 11) is 0. The number of piperidine rings is 1. The zero-order valence-electron chi connectivity index (χ0n) is 15.9. The van der Waals surface area contributed by atoms with Gasteiger partial charge in [0.1, 0.15) is 17.5 Å². The fraction of sp³-hybridized carbons (Fsp3) is 0.450. The zero-order valence-corrected chi connectivity index (χ0v) is 15.9. The fourth-order valence-corrected chi connectivity index (χ4v) is 3.34. The van der Waals surface area contributed by atoms with E-state index >= 15 is 0 Å². The number of benzene rings is 1. The van der Waals surface area contributed by atoms with Gasteiger partial charge in [0.15, 0.2) is 0 Å². The summed E-state index contributed by atoms with van der Waals surface area (Å²) in [6.45, 7) is 4.39. The molecule has 1 amide bonds. The smallest absolute Gasteiger partial charge is 0.224 e. The monoisotopic (exact) mass is 389 g/mol. The third-order valence-electron chi connectivity index (χ3n) is 4.87. The van der Waals surface area contributed by atoms with Crippen molar-refractivity contribution in [2.45, 2.75) is 32.7 Å². The maximum absolute atomic E-state index is 13.6. The Morgan fingerprint density at radius 1 is 1.25 bits per heavy atom. The highest BCUT2D eigenvalue weighted by molar-refractivity contribution is 5.76. The Balaban J connectivity index is 1.45. The van der Waals surface area contributed by atoms with E-state index < -0.39 is 11.6 Å². The quantitative estimate of drug-likeness (QED) is 0.762. The molecule has 0 atom stereocenters. The first kappa shape index (κ1) is 20.0. The minimum absolute atomic E-state index is 0.00455. The van der Waals surface area contributed by atoms with E-state index in [9.17, 15) is 13.6 Å². The van der Waals surface area contributed by atoms with Crippen molar-refractivity contribution in [2.75, 3.05) is 29.9 Å². The molecule has 150 valence electrons. The SMILES string of the molecule is CCNc1nccc(N2CCC(CC(=O)NCc3cc(F)ccc3F)CC2)n1. The molecule has 0 unspecified atom stereocenters. The lowest BCUT2D eigenvalue weighted by Crippen LogP contribution is -2.36. The molecule has 1 fully saturated rings. The molecule has 1 aliphatic rings. The van der Waals surface area contributed by atoms with Crippen LogP contribution in [-0.4, -0.2) is 35.5 Å². The van der Waals surface area contributed by atoms with Crippen LogP contribution >= 0.6 is 0 Å². The first-order valence-corrected chi connectivity index (χ1v) is 9.57. The largest absolute Gasteiger partial charge is 0.356 e. The number of aromatic nitrogens is 2. The number of amides is 1. The van der Waals surface area contributed by atoms with Crippen molar-refractivity contribution < 1.29 is 13.6 Å². The number of halogens is 2. The van der Waals surface area contributed by atoms with Crippen LogP contribution in [0, 0.1) is 17.6 Å². The molecule has 2 heterocycles. The molecule has 3 rings (SSSR count). The number of nitrogens with one attached hydrogen (secondary N) is 2. The van der Waals surface area contributed by atoms with Crippen LogP contribution in [0.25, 0.3) is 0 Å². The number of carbonyl (C=O) groups excluding carboxylic acids is 1. The van der Waals surface area contributed by atoms with Crippen molar-refractivity contribution in [3.63, 3.8) is 0 Å². The van der Waals surface area contributed by atoms with Gasteiger partial charge in [-0.2, -0.15) is 4.98 Å². The van der Waals surface area contributed by atoms with Gasteiger partial charge in [-0.1, -0.05) is 0 Å². The summed E-state index contributed by atoms with van der Waals surface area (Å²) in [5.41, 5.74) is 0.156. The molecular formula is C20H25F2N5O. The lowest BCUT2D eigenvalue weighted by Gasteiger charge is -2.32. The van der Waals surface area contributed by atoms with Crippen molar-refractivity contribution in [3.05, 3.63) is 47.7 Å². The van der Waals surface area contributed by atoms with Gasteiger partial charge in [0.05, 0.1) is 0 Å². The molecule has 1 saturated heterocycles. The summed E-state index contributed by atoms with van der Waals surface area (Å²) >= 11 is 0. The van der Waals surface area contributed by atoms with Gasteiger partial charge in [0, 0.05) is 44.4 Å². The minimum Gasteiger partial charge on any atom is -0.356 e. The average molecular weight is 389 g/mol. The predicted molar refractivity (Wildman–Crippen MR) is 104 cm³/mol. The first-order chi connectivity index (χ1) is 13.5. The molecule has 28 heavy (non-hydrogen) atoms. The van der Waals surface area contributed by atoms with Gasteiger partial charge in [-0.3, -0.25) is 4.79 Å². The predicted octanol–water partition coefficient (Wildman–Crippen LogP) is 3.11. The molecule has 0 aliphatic carbocycles. The van der Waals surface area contributed by atoms with Crippen LogP contribution in [0.3, 0.4) is 0 Å². The Kier molecular flexibility index (Phi) is 6.73. The van der Waals surface area contributed by atoms with Crippen LogP contribution < -0.4 is 15.5 Å². The third kappa shape index (κ3) is 5.37. The van der Waals surface area contributed by atoms with Crippen LogP contribution in [0.2, 0.25) is 0 Å². The van der Waals surface area contributed by atoms with Crippen LogP contribution in [0.15, 0.2) is 30.5 Å². The molecule has 2 aromatic rings. The highest BCUT2D eigenvalue weighted by atomic mass is 19.1. The molecule has 2 N–H and O–H groups in total. The van der Waals surface area contributed by atoms with Gasteiger partial charge in [-0.15, -0.1) is 0 Å². The molecule has 0 radical (unpaired) electrons. The van der Waals surface area contributed by atoms with Crippen molar-refractivity contribution in [3.8, 4) is 0 Å².